The molecule has 1 unspecified atom stereocenters. The number of aromatic amines is 1. The standard InChI is InChI=1S/C13H11FN3O4.W/c14-7-3-6(4-10-9(5-7)17-21-10)12(19)15-8-1-2-11(18)16-13(8)20;/h4,8,17H,1-2,5H2,(H,15,19)(H,16,18,20);/q-1;. The molecule has 3 rings (SSSR count). The third-order valence-corrected chi connectivity index (χ3v) is 3.25. The Labute approximate surface area is 138 Å². The minimum absolute atomic E-state index is 0. The maximum atomic E-state index is 13.5. The minimum Gasteiger partial charge on any atom is -0.394 e. The van der Waals surface area contributed by atoms with Crippen LogP contribution in [0, 0.1) is 6.08 Å². The molecule has 2 heterocycles. The van der Waals surface area contributed by atoms with Gasteiger partial charge in [0.2, 0.25) is 11.8 Å². The molecule has 116 valence electrons. The number of carbonyl (C=O) groups excluding carboxylic acids is 3. The van der Waals surface area contributed by atoms with Crippen LogP contribution >= 0.6 is 0 Å². The molecule has 0 spiro atoms. The summed E-state index contributed by atoms with van der Waals surface area (Å²) >= 11 is 0. The number of imide groups is 1. The van der Waals surface area contributed by atoms with Gasteiger partial charge in [0, 0.05) is 39.7 Å². The fourth-order valence-electron chi connectivity index (χ4n) is 2.12. The molecule has 3 amide bonds. The van der Waals surface area contributed by atoms with Crippen LogP contribution in [-0.4, -0.2) is 28.9 Å². The fourth-order valence-corrected chi connectivity index (χ4v) is 2.12. The predicted molar refractivity (Wildman–Crippen MR) is 66.9 cm³/mol. The van der Waals surface area contributed by atoms with Crippen LogP contribution in [0.15, 0.2) is 15.9 Å². The largest absolute Gasteiger partial charge is 0.394 e. The summed E-state index contributed by atoms with van der Waals surface area (Å²) in [4.78, 5) is 34.7. The van der Waals surface area contributed by atoms with Gasteiger partial charge in [0.25, 0.3) is 0 Å². The molecule has 2 aliphatic rings. The number of amides is 3. The van der Waals surface area contributed by atoms with Gasteiger partial charge in [-0.1, -0.05) is 0 Å². The molecule has 0 radical (unpaired) electrons. The van der Waals surface area contributed by atoms with Gasteiger partial charge in [0.05, 0.1) is 11.7 Å². The van der Waals surface area contributed by atoms with Crippen molar-refractivity contribution in [2.75, 3.05) is 0 Å². The molecule has 1 aromatic heterocycles. The van der Waals surface area contributed by atoms with Gasteiger partial charge >= 0.3 is 0 Å². The Morgan fingerprint density at radius 3 is 2.86 bits per heavy atom. The first kappa shape index (κ1) is 16.4. The zero-order valence-corrected chi connectivity index (χ0v) is 14.1. The molecule has 9 heteroatoms. The van der Waals surface area contributed by atoms with E-state index in [0.29, 0.717) is 11.5 Å². The Morgan fingerprint density at radius 1 is 1.45 bits per heavy atom. The van der Waals surface area contributed by atoms with E-state index in [1.54, 1.807) is 0 Å². The molecule has 3 N–H and O–H groups in total. The summed E-state index contributed by atoms with van der Waals surface area (Å²) in [6, 6.07) is -0.821. The SMILES string of the molecule is O=C1CCC(NC(=O)C2=Cc3o[nH]c3CC(F)=[C-]2)C(=O)N1.[W]. The van der Waals surface area contributed by atoms with Gasteiger partial charge in [-0.25, -0.2) is 9.55 Å². The van der Waals surface area contributed by atoms with E-state index < -0.39 is 23.7 Å². The van der Waals surface area contributed by atoms with Crippen LogP contribution < -0.4 is 10.6 Å². The Kier molecular flexibility index (Phi) is 4.80. The number of hydrogen-bond acceptors (Lipinski definition) is 4. The van der Waals surface area contributed by atoms with E-state index in [1.165, 1.54) is 6.08 Å². The molecule has 1 atom stereocenters. The summed E-state index contributed by atoms with van der Waals surface area (Å²) in [5, 5.41) is 7.06. The number of carbonyl (C=O) groups is 3. The molecule has 0 aromatic carbocycles. The zero-order valence-electron chi connectivity index (χ0n) is 11.2. The maximum absolute atomic E-state index is 13.5. The number of hydrogen-bond donors (Lipinski definition) is 3. The number of aromatic nitrogens is 1. The van der Waals surface area contributed by atoms with Crippen molar-refractivity contribution >= 4 is 23.8 Å². The number of halogens is 1. The molecule has 1 fully saturated rings. The molecule has 1 saturated heterocycles. The Balaban J connectivity index is 0.00000176. The number of rotatable bonds is 2. The first-order chi connectivity index (χ1) is 10.0. The molecule has 1 aromatic rings. The summed E-state index contributed by atoms with van der Waals surface area (Å²) in [5.74, 6) is -1.84. The smallest absolute Gasteiger partial charge is 0.248 e. The predicted octanol–water partition coefficient (Wildman–Crippen LogP) is 0.123. The van der Waals surface area contributed by atoms with Crippen LogP contribution in [0.5, 0.6) is 0 Å². The summed E-state index contributed by atoms with van der Waals surface area (Å²) in [6.07, 6.45) is 4.01. The Morgan fingerprint density at radius 2 is 2.23 bits per heavy atom. The van der Waals surface area contributed by atoms with E-state index in [2.05, 4.69) is 21.9 Å². The van der Waals surface area contributed by atoms with Gasteiger partial charge < -0.3 is 14.6 Å². The van der Waals surface area contributed by atoms with Crippen LogP contribution in [0.25, 0.3) is 6.08 Å². The van der Waals surface area contributed by atoms with Crippen LogP contribution in [0.4, 0.5) is 4.39 Å². The van der Waals surface area contributed by atoms with E-state index >= 15 is 0 Å². The van der Waals surface area contributed by atoms with Crippen molar-refractivity contribution < 1.29 is 44.4 Å². The summed E-state index contributed by atoms with van der Waals surface area (Å²) in [7, 11) is 0. The van der Waals surface area contributed by atoms with Crippen molar-refractivity contribution in [1.82, 2.24) is 15.8 Å². The first-order valence-electron chi connectivity index (χ1n) is 6.33. The molecule has 0 saturated carbocycles. The first-order valence-corrected chi connectivity index (χ1v) is 6.33. The third-order valence-electron chi connectivity index (χ3n) is 3.25. The minimum atomic E-state index is -0.821. The molecule has 7 nitrogen and oxygen atoms in total. The maximum Gasteiger partial charge on any atom is 0.248 e. The van der Waals surface area contributed by atoms with Gasteiger partial charge in [0.1, 0.15) is 11.7 Å². The van der Waals surface area contributed by atoms with E-state index in [0.717, 1.165) is 0 Å². The summed E-state index contributed by atoms with van der Waals surface area (Å²) in [5.41, 5.74) is 0.465. The average molecular weight is 476 g/mol. The molecule has 22 heavy (non-hydrogen) atoms. The van der Waals surface area contributed by atoms with Gasteiger partial charge in [-0.2, -0.15) is 0 Å². The average Bonchev–Trinajstić information content (AvgIpc) is 2.52. The summed E-state index contributed by atoms with van der Waals surface area (Å²) in [6.45, 7) is 0. The number of piperidine rings is 1. The molecular formula is C13H11FN3O4W-. The number of allylic oxidation sites excluding steroid dienone is 1. The number of nitrogens with one attached hydrogen (secondary N) is 3. The number of fused-ring (bicyclic) bond motifs is 1. The van der Waals surface area contributed by atoms with Crippen LogP contribution in [0.3, 0.4) is 0 Å². The van der Waals surface area contributed by atoms with E-state index in [4.69, 9.17) is 4.52 Å². The second-order valence-electron chi connectivity index (χ2n) is 4.79. The van der Waals surface area contributed by atoms with Crippen molar-refractivity contribution in [2.24, 2.45) is 0 Å². The van der Waals surface area contributed by atoms with Gasteiger partial charge in [-0.05, 0) is 6.42 Å². The molecule has 1 aliphatic heterocycles. The summed E-state index contributed by atoms with van der Waals surface area (Å²) < 4.78 is 18.4. The molecule has 1 aliphatic carbocycles. The monoisotopic (exact) mass is 476 g/mol. The van der Waals surface area contributed by atoms with E-state index in [1.807, 2.05) is 0 Å². The molecule has 0 bridgehead atoms. The number of H-pyrrole nitrogens is 1. The Bertz CT molecular complexity index is 688. The second-order valence-corrected chi connectivity index (χ2v) is 4.79. The van der Waals surface area contributed by atoms with Gasteiger partial charge in [-0.15, -0.1) is 17.7 Å². The normalized spacial score (nSPS) is 20.9. The van der Waals surface area contributed by atoms with Crippen molar-refractivity contribution in [3.8, 4) is 0 Å². The van der Waals surface area contributed by atoms with Gasteiger partial charge in [-0.3, -0.25) is 14.9 Å². The van der Waals surface area contributed by atoms with Crippen LogP contribution in [-0.2, 0) is 41.9 Å². The van der Waals surface area contributed by atoms with Gasteiger partial charge in [0.15, 0.2) is 0 Å². The Hall–Kier alpha value is -1.95. The van der Waals surface area contributed by atoms with E-state index in [9.17, 15) is 18.8 Å². The zero-order chi connectivity index (χ0) is 15.0. The van der Waals surface area contributed by atoms with E-state index in [-0.39, 0.29) is 51.8 Å². The van der Waals surface area contributed by atoms with Crippen molar-refractivity contribution in [2.45, 2.75) is 25.3 Å². The second kappa shape index (κ2) is 6.44. The van der Waals surface area contributed by atoms with Crippen LogP contribution in [0.1, 0.15) is 24.3 Å². The quantitative estimate of drug-likeness (QED) is 0.417. The fraction of sp³-hybridized carbons (Fsp3) is 0.308. The topological polar surface area (TPSA) is 104 Å². The van der Waals surface area contributed by atoms with Crippen molar-refractivity contribution in [3.05, 3.63) is 28.9 Å². The third kappa shape index (κ3) is 3.27. The van der Waals surface area contributed by atoms with Crippen molar-refractivity contribution in [3.63, 3.8) is 0 Å². The molecular weight excluding hydrogens is 465 g/mol. The van der Waals surface area contributed by atoms with Crippen LogP contribution in [0.2, 0.25) is 0 Å². The van der Waals surface area contributed by atoms with Crippen molar-refractivity contribution in [1.29, 1.82) is 0 Å².